The van der Waals surface area contributed by atoms with E-state index in [9.17, 15) is 0 Å². The van der Waals surface area contributed by atoms with E-state index in [1.54, 1.807) is 12.5 Å². The van der Waals surface area contributed by atoms with Crippen molar-refractivity contribution in [2.24, 2.45) is 0 Å². The first-order valence-electron chi connectivity index (χ1n) is 5.03. The number of imidazole rings is 1. The van der Waals surface area contributed by atoms with E-state index in [-0.39, 0.29) is 0 Å². The standard InChI is InChI=1S/C10H9N3.C2H6/c1-3-4-13-7-12-9-6-11-5-8(2)10(9)13;1-2/h5-7H,1-2H3;1-2H3. The summed E-state index contributed by atoms with van der Waals surface area (Å²) in [4.78, 5) is 8.26. The predicted molar refractivity (Wildman–Crippen MR) is 62.5 cm³/mol. The molecule has 78 valence electrons. The molecule has 0 saturated heterocycles. The van der Waals surface area contributed by atoms with Crippen molar-refractivity contribution in [1.82, 2.24) is 14.5 Å². The molecule has 2 rings (SSSR count). The van der Waals surface area contributed by atoms with E-state index in [0.717, 1.165) is 16.6 Å². The van der Waals surface area contributed by atoms with E-state index in [2.05, 4.69) is 21.9 Å². The maximum Gasteiger partial charge on any atom is 0.108 e. The topological polar surface area (TPSA) is 30.7 Å². The lowest BCUT2D eigenvalue weighted by Gasteiger charge is -1.95. The van der Waals surface area contributed by atoms with E-state index >= 15 is 0 Å². The molecule has 0 spiro atoms. The predicted octanol–water partition coefficient (Wildman–Crippen LogP) is 2.59. The maximum absolute atomic E-state index is 4.20. The summed E-state index contributed by atoms with van der Waals surface area (Å²) in [5.74, 6) is 2.84. The fraction of sp³-hybridized carbons (Fsp3) is 0.333. The highest BCUT2D eigenvalue weighted by molar-refractivity contribution is 5.78. The lowest BCUT2D eigenvalue weighted by molar-refractivity contribution is 1.14. The number of hydrogen-bond acceptors (Lipinski definition) is 2. The molecular formula is C12H15N3. The lowest BCUT2D eigenvalue weighted by atomic mass is 10.3. The Morgan fingerprint density at radius 2 is 2.00 bits per heavy atom. The Labute approximate surface area is 90.2 Å². The van der Waals surface area contributed by atoms with E-state index in [4.69, 9.17) is 0 Å². The lowest BCUT2D eigenvalue weighted by Crippen LogP contribution is -1.88. The Hall–Kier alpha value is -1.82. The second kappa shape index (κ2) is 5.16. The molecule has 2 aromatic heterocycles. The molecule has 0 atom stereocenters. The van der Waals surface area contributed by atoms with Crippen molar-refractivity contribution in [3.8, 4) is 12.0 Å². The van der Waals surface area contributed by atoms with Crippen LogP contribution in [0.4, 0.5) is 0 Å². The molecule has 0 aliphatic rings. The van der Waals surface area contributed by atoms with E-state index in [1.807, 2.05) is 38.5 Å². The van der Waals surface area contributed by atoms with Gasteiger partial charge in [-0.15, -0.1) is 0 Å². The smallest absolute Gasteiger partial charge is 0.108 e. The molecule has 0 N–H and O–H groups in total. The minimum atomic E-state index is 0.891. The van der Waals surface area contributed by atoms with Crippen molar-refractivity contribution < 1.29 is 0 Å². The second-order valence-electron chi connectivity index (χ2n) is 2.80. The zero-order valence-electron chi connectivity index (χ0n) is 9.57. The average molecular weight is 201 g/mol. The highest BCUT2D eigenvalue weighted by Crippen LogP contribution is 2.13. The van der Waals surface area contributed by atoms with Crippen molar-refractivity contribution in [3.05, 3.63) is 24.3 Å². The quantitative estimate of drug-likeness (QED) is 0.613. The fourth-order valence-corrected chi connectivity index (χ4v) is 1.33. The van der Waals surface area contributed by atoms with Crippen molar-refractivity contribution >= 4 is 11.0 Å². The Bertz CT molecular complexity index is 500. The number of nitrogens with zero attached hydrogens (tertiary/aromatic N) is 3. The average Bonchev–Trinajstić information content (AvgIpc) is 2.67. The molecule has 3 heteroatoms. The Balaban J connectivity index is 0.000000531. The van der Waals surface area contributed by atoms with Crippen LogP contribution < -0.4 is 0 Å². The van der Waals surface area contributed by atoms with Gasteiger partial charge in [-0.1, -0.05) is 19.8 Å². The summed E-state index contributed by atoms with van der Waals surface area (Å²) < 4.78 is 1.83. The van der Waals surface area contributed by atoms with Crippen LogP contribution in [0.2, 0.25) is 0 Å². The van der Waals surface area contributed by atoms with Crippen LogP contribution in [0.25, 0.3) is 11.0 Å². The Kier molecular flexibility index (Phi) is 3.87. The summed E-state index contributed by atoms with van der Waals surface area (Å²) in [6.07, 6.45) is 5.28. The van der Waals surface area contributed by atoms with Crippen LogP contribution in [0.15, 0.2) is 18.7 Å². The minimum Gasteiger partial charge on any atom is -0.262 e. The first kappa shape index (κ1) is 11.3. The van der Waals surface area contributed by atoms with Gasteiger partial charge in [0, 0.05) is 12.2 Å². The van der Waals surface area contributed by atoms with Crippen LogP contribution >= 0.6 is 0 Å². The fourth-order valence-electron chi connectivity index (χ4n) is 1.33. The van der Waals surface area contributed by atoms with Gasteiger partial charge in [-0.2, -0.15) is 0 Å². The van der Waals surface area contributed by atoms with Gasteiger partial charge in [-0.05, 0) is 19.4 Å². The normalized spacial score (nSPS) is 8.80. The first-order chi connectivity index (χ1) is 7.33. The number of aryl methyl sites for hydroxylation is 1. The van der Waals surface area contributed by atoms with Gasteiger partial charge in [0.2, 0.25) is 0 Å². The van der Waals surface area contributed by atoms with Crippen LogP contribution in [0.5, 0.6) is 0 Å². The van der Waals surface area contributed by atoms with Gasteiger partial charge in [0.05, 0.1) is 11.7 Å². The highest BCUT2D eigenvalue weighted by Gasteiger charge is 2.02. The molecule has 2 aromatic rings. The van der Waals surface area contributed by atoms with Crippen molar-refractivity contribution in [3.63, 3.8) is 0 Å². The summed E-state index contributed by atoms with van der Waals surface area (Å²) in [6, 6.07) is 2.95. The van der Waals surface area contributed by atoms with Gasteiger partial charge in [-0.25, -0.2) is 4.98 Å². The highest BCUT2D eigenvalue weighted by atomic mass is 15.0. The second-order valence-corrected chi connectivity index (χ2v) is 2.80. The zero-order chi connectivity index (χ0) is 11.3. The largest absolute Gasteiger partial charge is 0.262 e. The van der Waals surface area contributed by atoms with Gasteiger partial charge in [0.25, 0.3) is 0 Å². The van der Waals surface area contributed by atoms with Crippen LogP contribution in [-0.2, 0) is 0 Å². The van der Waals surface area contributed by atoms with Gasteiger partial charge < -0.3 is 0 Å². The molecule has 0 aliphatic heterocycles. The molecule has 0 fully saturated rings. The molecule has 0 aliphatic carbocycles. The van der Waals surface area contributed by atoms with Gasteiger partial charge in [-0.3, -0.25) is 9.55 Å². The molecule has 0 amide bonds. The molecule has 2 heterocycles. The zero-order valence-corrected chi connectivity index (χ0v) is 9.57. The molecule has 0 radical (unpaired) electrons. The number of pyridine rings is 1. The Morgan fingerprint density at radius 1 is 1.27 bits per heavy atom. The molecule has 15 heavy (non-hydrogen) atoms. The molecular weight excluding hydrogens is 186 g/mol. The molecule has 0 saturated carbocycles. The van der Waals surface area contributed by atoms with Crippen LogP contribution in [0, 0.1) is 18.9 Å². The SMILES string of the molecule is CC.CC#Cn1cnc2cncc(C)c21. The van der Waals surface area contributed by atoms with Gasteiger partial charge in [0.15, 0.2) is 0 Å². The molecule has 3 nitrogen and oxygen atoms in total. The van der Waals surface area contributed by atoms with E-state index in [0.29, 0.717) is 0 Å². The third kappa shape index (κ3) is 2.16. The molecule has 0 aromatic carbocycles. The van der Waals surface area contributed by atoms with Crippen molar-refractivity contribution in [2.75, 3.05) is 0 Å². The molecule has 0 unspecified atom stereocenters. The number of fused-ring (bicyclic) bond motifs is 1. The summed E-state index contributed by atoms with van der Waals surface area (Å²) in [7, 11) is 0. The van der Waals surface area contributed by atoms with Crippen LogP contribution in [-0.4, -0.2) is 14.5 Å². The minimum absolute atomic E-state index is 0.891. The van der Waals surface area contributed by atoms with Crippen molar-refractivity contribution in [1.29, 1.82) is 0 Å². The third-order valence-electron chi connectivity index (χ3n) is 1.87. The van der Waals surface area contributed by atoms with E-state index < -0.39 is 0 Å². The van der Waals surface area contributed by atoms with Crippen LogP contribution in [0.3, 0.4) is 0 Å². The van der Waals surface area contributed by atoms with Crippen LogP contribution in [0.1, 0.15) is 26.3 Å². The number of rotatable bonds is 0. The summed E-state index contributed by atoms with van der Waals surface area (Å²) >= 11 is 0. The number of hydrogen-bond donors (Lipinski definition) is 0. The molecule has 0 bridgehead atoms. The number of aromatic nitrogens is 3. The third-order valence-corrected chi connectivity index (χ3v) is 1.87. The maximum atomic E-state index is 4.20. The van der Waals surface area contributed by atoms with Crippen molar-refractivity contribution in [2.45, 2.75) is 27.7 Å². The monoisotopic (exact) mass is 201 g/mol. The summed E-state index contributed by atoms with van der Waals surface area (Å²) in [5.41, 5.74) is 3.03. The Morgan fingerprint density at radius 3 is 2.67 bits per heavy atom. The van der Waals surface area contributed by atoms with E-state index in [1.165, 1.54) is 0 Å². The van der Waals surface area contributed by atoms with Gasteiger partial charge >= 0.3 is 0 Å². The van der Waals surface area contributed by atoms with Gasteiger partial charge in [0.1, 0.15) is 11.8 Å². The summed E-state index contributed by atoms with van der Waals surface area (Å²) in [5, 5.41) is 0. The summed E-state index contributed by atoms with van der Waals surface area (Å²) in [6.45, 7) is 7.81. The first-order valence-corrected chi connectivity index (χ1v) is 5.03.